The molecule has 0 aromatic heterocycles. The van der Waals surface area contributed by atoms with Crippen LogP contribution in [0.3, 0.4) is 0 Å². The quantitative estimate of drug-likeness (QED) is 0.851. The summed E-state index contributed by atoms with van der Waals surface area (Å²) in [7, 11) is 1.26. The molecular formula is C17H15ClFNO3. The average Bonchev–Trinajstić information content (AvgIpc) is 2.55. The molecule has 0 spiro atoms. The van der Waals surface area contributed by atoms with Gasteiger partial charge in [0.2, 0.25) is 0 Å². The van der Waals surface area contributed by atoms with Gasteiger partial charge in [-0.3, -0.25) is 9.59 Å². The molecule has 0 aliphatic rings. The molecule has 0 saturated carbocycles. The minimum Gasteiger partial charge on any atom is -0.469 e. The van der Waals surface area contributed by atoms with Gasteiger partial charge in [-0.05, 0) is 29.8 Å². The van der Waals surface area contributed by atoms with E-state index >= 15 is 0 Å². The lowest BCUT2D eigenvalue weighted by Gasteiger charge is -2.18. The van der Waals surface area contributed by atoms with Gasteiger partial charge in [0.1, 0.15) is 5.82 Å². The smallest absolute Gasteiger partial charge is 0.307 e. The molecule has 0 radical (unpaired) electrons. The molecule has 0 aliphatic heterocycles. The summed E-state index contributed by atoms with van der Waals surface area (Å²) in [6.45, 7) is 0. The number of carbonyl (C=O) groups excluding carboxylic acids is 2. The van der Waals surface area contributed by atoms with Crippen molar-refractivity contribution in [2.75, 3.05) is 7.11 Å². The lowest BCUT2D eigenvalue weighted by molar-refractivity contribution is -0.141. The van der Waals surface area contributed by atoms with Gasteiger partial charge in [0.15, 0.2) is 0 Å². The molecule has 0 heterocycles. The minimum absolute atomic E-state index is 0.0711. The third kappa shape index (κ3) is 4.53. The topological polar surface area (TPSA) is 55.4 Å². The maximum absolute atomic E-state index is 13.7. The lowest BCUT2D eigenvalue weighted by Crippen LogP contribution is -2.31. The van der Waals surface area contributed by atoms with Crippen LogP contribution in [0.25, 0.3) is 0 Å². The van der Waals surface area contributed by atoms with Crippen molar-refractivity contribution in [3.8, 4) is 0 Å². The molecule has 120 valence electrons. The Balaban J connectivity index is 2.23. The first kappa shape index (κ1) is 17.0. The molecule has 4 nitrogen and oxygen atoms in total. The first-order valence-corrected chi connectivity index (χ1v) is 7.26. The van der Waals surface area contributed by atoms with E-state index in [0.29, 0.717) is 10.6 Å². The summed E-state index contributed by atoms with van der Waals surface area (Å²) in [5, 5.41) is 3.19. The number of benzene rings is 2. The van der Waals surface area contributed by atoms with Crippen LogP contribution >= 0.6 is 11.6 Å². The van der Waals surface area contributed by atoms with E-state index in [1.54, 1.807) is 30.3 Å². The molecule has 2 rings (SSSR count). The van der Waals surface area contributed by atoms with Crippen LogP contribution in [0.15, 0.2) is 48.5 Å². The molecule has 23 heavy (non-hydrogen) atoms. The van der Waals surface area contributed by atoms with E-state index in [1.807, 2.05) is 0 Å². The lowest BCUT2D eigenvalue weighted by atomic mass is 10.0. The van der Waals surface area contributed by atoms with E-state index in [0.717, 1.165) is 0 Å². The number of carbonyl (C=O) groups is 2. The number of nitrogens with one attached hydrogen (secondary N) is 1. The Morgan fingerprint density at radius 2 is 1.83 bits per heavy atom. The van der Waals surface area contributed by atoms with Gasteiger partial charge in [-0.15, -0.1) is 0 Å². The van der Waals surface area contributed by atoms with Crippen molar-refractivity contribution in [2.24, 2.45) is 0 Å². The van der Waals surface area contributed by atoms with E-state index in [-0.39, 0.29) is 12.0 Å². The molecule has 0 fully saturated rings. The highest BCUT2D eigenvalue weighted by atomic mass is 35.5. The van der Waals surface area contributed by atoms with E-state index in [4.69, 9.17) is 11.6 Å². The minimum atomic E-state index is -0.646. The summed E-state index contributed by atoms with van der Waals surface area (Å²) >= 11 is 5.84. The Morgan fingerprint density at radius 3 is 2.43 bits per heavy atom. The SMILES string of the molecule is COC(=O)C[C@H](NC(=O)c1ccccc1F)c1ccc(Cl)cc1. The highest BCUT2D eigenvalue weighted by molar-refractivity contribution is 6.30. The van der Waals surface area contributed by atoms with Gasteiger partial charge in [-0.25, -0.2) is 4.39 Å². The Hall–Kier alpha value is -2.40. The normalized spacial score (nSPS) is 11.6. The van der Waals surface area contributed by atoms with E-state index < -0.39 is 23.7 Å². The fourth-order valence-corrected chi connectivity index (χ4v) is 2.20. The molecule has 2 aromatic rings. The Kier molecular flexibility index (Phi) is 5.71. The number of hydrogen-bond donors (Lipinski definition) is 1. The van der Waals surface area contributed by atoms with Crippen LogP contribution in [0.2, 0.25) is 5.02 Å². The van der Waals surface area contributed by atoms with Crippen LogP contribution in [0.4, 0.5) is 4.39 Å². The summed E-state index contributed by atoms with van der Waals surface area (Å²) in [4.78, 5) is 23.8. The van der Waals surface area contributed by atoms with Crippen molar-refractivity contribution in [3.05, 3.63) is 70.5 Å². The van der Waals surface area contributed by atoms with Crippen molar-refractivity contribution in [1.82, 2.24) is 5.32 Å². The molecule has 1 atom stereocenters. The predicted octanol–water partition coefficient (Wildman–Crippen LogP) is 3.51. The number of rotatable bonds is 5. The van der Waals surface area contributed by atoms with Crippen LogP contribution in [-0.4, -0.2) is 19.0 Å². The highest BCUT2D eigenvalue weighted by Crippen LogP contribution is 2.21. The summed E-state index contributed by atoms with van der Waals surface area (Å²) in [6, 6.07) is 11.7. The molecule has 0 unspecified atom stereocenters. The maximum Gasteiger partial charge on any atom is 0.307 e. The predicted molar refractivity (Wildman–Crippen MR) is 84.7 cm³/mol. The van der Waals surface area contributed by atoms with Gasteiger partial charge in [-0.2, -0.15) is 0 Å². The zero-order valence-electron chi connectivity index (χ0n) is 12.4. The third-order valence-corrected chi connectivity index (χ3v) is 3.55. The van der Waals surface area contributed by atoms with Gasteiger partial charge in [0, 0.05) is 5.02 Å². The summed E-state index contributed by atoms with van der Waals surface area (Å²) in [5.74, 6) is -1.72. The Morgan fingerprint density at radius 1 is 1.17 bits per heavy atom. The van der Waals surface area contributed by atoms with E-state index in [2.05, 4.69) is 10.1 Å². The largest absolute Gasteiger partial charge is 0.469 e. The molecule has 0 aliphatic carbocycles. The second kappa shape index (κ2) is 7.74. The second-order valence-electron chi connectivity index (χ2n) is 4.84. The zero-order valence-corrected chi connectivity index (χ0v) is 13.1. The van der Waals surface area contributed by atoms with Gasteiger partial charge in [0.05, 0.1) is 25.1 Å². The number of ether oxygens (including phenoxy) is 1. The Bertz CT molecular complexity index is 703. The second-order valence-corrected chi connectivity index (χ2v) is 5.27. The molecule has 1 amide bonds. The monoisotopic (exact) mass is 335 g/mol. The third-order valence-electron chi connectivity index (χ3n) is 3.29. The number of halogens is 2. The van der Waals surface area contributed by atoms with Crippen LogP contribution in [0.1, 0.15) is 28.4 Å². The first-order chi connectivity index (χ1) is 11.0. The molecular weight excluding hydrogens is 321 g/mol. The maximum atomic E-state index is 13.7. The van der Waals surface area contributed by atoms with Gasteiger partial charge in [0.25, 0.3) is 5.91 Å². The van der Waals surface area contributed by atoms with Crippen LogP contribution in [-0.2, 0) is 9.53 Å². The standard InChI is InChI=1S/C17H15ClFNO3/c1-23-16(21)10-15(11-6-8-12(18)9-7-11)20-17(22)13-4-2-3-5-14(13)19/h2-9,15H,10H2,1H3,(H,20,22)/t15-/m0/s1. The number of esters is 1. The number of methoxy groups -OCH3 is 1. The zero-order chi connectivity index (χ0) is 16.8. The van der Waals surface area contributed by atoms with Crippen LogP contribution < -0.4 is 5.32 Å². The van der Waals surface area contributed by atoms with Crippen molar-refractivity contribution in [1.29, 1.82) is 0 Å². The van der Waals surface area contributed by atoms with Gasteiger partial charge >= 0.3 is 5.97 Å². The summed E-state index contributed by atoms with van der Waals surface area (Å²) in [6.07, 6.45) is -0.0711. The fourth-order valence-electron chi connectivity index (χ4n) is 2.08. The summed E-state index contributed by atoms with van der Waals surface area (Å²) < 4.78 is 18.4. The van der Waals surface area contributed by atoms with Crippen molar-refractivity contribution < 1.29 is 18.7 Å². The van der Waals surface area contributed by atoms with E-state index in [9.17, 15) is 14.0 Å². The number of hydrogen-bond acceptors (Lipinski definition) is 3. The van der Waals surface area contributed by atoms with Gasteiger partial charge in [-0.1, -0.05) is 35.9 Å². The molecule has 6 heteroatoms. The molecule has 0 saturated heterocycles. The fraction of sp³-hybridized carbons (Fsp3) is 0.176. The average molecular weight is 336 g/mol. The number of amides is 1. The highest BCUT2D eigenvalue weighted by Gasteiger charge is 2.21. The molecule has 2 aromatic carbocycles. The van der Waals surface area contributed by atoms with Crippen LogP contribution in [0, 0.1) is 5.82 Å². The van der Waals surface area contributed by atoms with Gasteiger partial charge < -0.3 is 10.1 Å². The summed E-state index contributed by atoms with van der Waals surface area (Å²) in [5.41, 5.74) is 0.584. The first-order valence-electron chi connectivity index (χ1n) is 6.89. The molecule has 1 N–H and O–H groups in total. The Labute approximate surface area is 138 Å². The van der Waals surface area contributed by atoms with Crippen molar-refractivity contribution in [2.45, 2.75) is 12.5 Å². The van der Waals surface area contributed by atoms with E-state index in [1.165, 1.54) is 25.3 Å². The molecule has 0 bridgehead atoms. The van der Waals surface area contributed by atoms with Crippen LogP contribution in [0.5, 0.6) is 0 Å². The van der Waals surface area contributed by atoms with Crippen molar-refractivity contribution in [3.63, 3.8) is 0 Å². The van der Waals surface area contributed by atoms with Crippen molar-refractivity contribution >= 4 is 23.5 Å².